The summed E-state index contributed by atoms with van der Waals surface area (Å²) in [4.78, 5) is 23.8. The van der Waals surface area contributed by atoms with Gasteiger partial charge in [0.15, 0.2) is 0 Å². The predicted octanol–water partition coefficient (Wildman–Crippen LogP) is 3.58. The molecule has 7 heteroatoms. The van der Waals surface area contributed by atoms with Crippen molar-refractivity contribution < 1.29 is 18.4 Å². The number of anilines is 1. The molecule has 0 saturated carbocycles. The molecule has 0 aliphatic heterocycles. The van der Waals surface area contributed by atoms with E-state index >= 15 is 0 Å². The van der Waals surface area contributed by atoms with Gasteiger partial charge in [-0.25, -0.2) is 4.39 Å². The van der Waals surface area contributed by atoms with Crippen molar-refractivity contribution in [3.63, 3.8) is 0 Å². The SMILES string of the molecule is NC(=O)c1oc2cc(Cl)ccc2c1NC(=O)c1cccc(F)c1. The molecule has 0 aliphatic rings. The third-order valence-corrected chi connectivity index (χ3v) is 3.44. The third-order valence-electron chi connectivity index (χ3n) is 3.20. The second-order valence-corrected chi connectivity index (χ2v) is 5.21. The average Bonchev–Trinajstić information content (AvgIpc) is 2.85. The molecular weight excluding hydrogens is 323 g/mol. The van der Waals surface area contributed by atoms with Gasteiger partial charge in [0.05, 0.1) is 0 Å². The molecule has 1 heterocycles. The molecule has 116 valence electrons. The van der Waals surface area contributed by atoms with Crippen LogP contribution in [0.1, 0.15) is 20.9 Å². The Morgan fingerprint density at radius 1 is 1.17 bits per heavy atom. The molecule has 0 bridgehead atoms. The number of nitrogens with two attached hydrogens (primary N) is 1. The number of rotatable bonds is 3. The lowest BCUT2D eigenvalue weighted by atomic mass is 10.1. The van der Waals surface area contributed by atoms with Gasteiger partial charge in [-0.1, -0.05) is 17.7 Å². The van der Waals surface area contributed by atoms with E-state index in [1.54, 1.807) is 12.1 Å². The first-order valence-electron chi connectivity index (χ1n) is 6.54. The van der Waals surface area contributed by atoms with Crippen molar-refractivity contribution in [3.8, 4) is 0 Å². The Bertz CT molecular complexity index is 936. The molecule has 3 aromatic rings. The van der Waals surface area contributed by atoms with Crippen molar-refractivity contribution >= 4 is 40.1 Å². The zero-order chi connectivity index (χ0) is 16.6. The highest BCUT2D eigenvalue weighted by Gasteiger charge is 2.21. The number of nitrogens with one attached hydrogen (secondary N) is 1. The molecule has 23 heavy (non-hydrogen) atoms. The highest BCUT2D eigenvalue weighted by atomic mass is 35.5. The molecule has 0 spiro atoms. The first-order valence-corrected chi connectivity index (χ1v) is 6.92. The summed E-state index contributed by atoms with van der Waals surface area (Å²) in [6.07, 6.45) is 0. The van der Waals surface area contributed by atoms with Crippen molar-refractivity contribution in [2.75, 3.05) is 5.32 Å². The van der Waals surface area contributed by atoms with Gasteiger partial charge in [-0.2, -0.15) is 0 Å². The Kier molecular flexibility index (Phi) is 3.75. The highest BCUT2D eigenvalue weighted by Crippen LogP contribution is 2.32. The minimum Gasteiger partial charge on any atom is -0.449 e. The van der Waals surface area contributed by atoms with Gasteiger partial charge in [0.25, 0.3) is 11.8 Å². The fourth-order valence-electron chi connectivity index (χ4n) is 2.18. The van der Waals surface area contributed by atoms with Gasteiger partial charge in [-0.15, -0.1) is 0 Å². The van der Waals surface area contributed by atoms with E-state index in [1.807, 2.05) is 0 Å². The van der Waals surface area contributed by atoms with Gasteiger partial charge in [-0.3, -0.25) is 9.59 Å². The number of furan rings is 1. The molecule has 3 N–H and O–H groups in total. The van der Waals surface area contributed by atoms with Crippen LogP contribution in [-0.2, 0) is 0 Å². The standard InChI is InChI=1S/C16H10ClFN2O3/c17-9-4-5-11-12(7-9)23-14(15(19)21)13(11)20-16(22)8-2-1-3-10(18)6-8/h1-7H,(H2,19,21)(H,20,22). The van der Waals surface area contributed by atoms with E-state index in [0.29, 0.717) is 16.0 Å². The van der Waals surface area contributed by atoms with Gasteiger partial charge in [0.2, 0.25) is 5.76 Å². The minimum absolute atomic E-state index is 0.101. The lowest BCUT2D eigenvalue weighted by Gasteiger charge is -2.05. The molecule has 1 aromatic heterocycles. The van der Waals surface area contributed by atoms with Crippen LogP contribution in [0.15, 0.2) is 46.9 Å². The number of hydrogen-bond acceptors (Lipinski definition) is 3. The lowest BCUT2D eigenvalue weighted by Crippen LogP contribution is -2.17. The molecule has 2 aromatic carbocycles. The molecule has 0 unspecified atom stereocenters. The molecule has 0 radical (unpaired) electrons. The van der Waals surface area contributed by atoms with Crippen LogP contribution in [-0.4, -0.2) is 11.8 Å². The topological polar surface area (TPSA) is 85.3 Å². The lowest BCUT2D eigenvalue weighted by molar-refractivity contribution is 0.0977. The highest BCUT2D eigenvalue weighted by molar-refractivity contribution is 6.31. The van der Waals surface area contributed by atoms with Crippen molar-refractivity contribution in [3.05, 3.63) is 64.6 Å². The number of hydrogen-bond donors (Lipinski definition) is 2. The van der Waals surface area contributed by atoms with Crippen LogP contribution in [0.4, 0.5) is 10.1 Å². The van der Waals surface area contributed by atoms with Crippen LogP contribution < -0.4 is 11.1 Å². The van der Waals surface area contributed by atoms with E-state index < -0.39 is 17.6 Å². The van der Waals surface area contributed by atoms with Gasteiger partial charge in [-0.05, 0) is 30.3 Å². The Morgan fingerprint density at radius 3 is 2.65 bits per heavy atom. The Balaban J connectivity index is 2.06. The summed E-state index contributed by atoms with van der Waals surface area (Å²) < 4.78 is 18.6. The molecule has 0 atom stereocenters. The van der Waals surface area contributed by atoms with E-state index in [-0.39, 0.29) is 17.0 Å². The molecule has 5 nitrogen and oxygen atoms in total. The Morgan fingerprint density at radius 2 is 1.96 bits per heavy atom. The van der Waals surface area contributed by atoms with Gasteiger partial charge in [0.1, 0.15) is 17.1 Å². The van der Waals surface area contributed by atoms with E-state index in [9.17, 15) is 14.0 Å². The molecular formula is C16H10ClFN2O3. The zero-order valence-electron chi connectivity index (χ0n) is 11.6. The first kappa shape index (κ1) is 15.1. The van der Waals surface area contributed by atoms with Gasteiger partial charge in [0, 0.05) is 22.0 Å². The quantitative estimate of drug-likeness (QED) is 0.768. The maximum atomic E-state index is 13.2. The van der Waals surface area contributed by atoms with E-state index in [0.717, 1.165) is 6.07 Å². The summed E-state index contributed by atoms with van der Waals surface area (Å²) >= 11 is 5.87. The van der Waals surface area contributed by atoms with Crippen molar-refractivity contribution in [2.24, 2.45) is 5.73 Å². The van der Waals surface area contributed by atoms with Crippen LogP contribution >= 0.6 is 11.6 Å². The normalized spacial score (nSPS) is 10.7. The largest absolute Gasteiger partial charge is 0.449 e. The average molecular weight is 333 g/mol. The Labute approximate surface area is 134 Å². The summed E-state index contributed by atoms with van der Waals surface area (Å²) in [6, 6.07) is 9.84. The number of carbonyl (C=O) groups is 2. The first-order chi connectivity index (χ1) is 11.0. The van der Waals surface area contributed by atoms with Crippen LogP contribution in [0, 0.1) is 5.82 Å². The third kappa shape index (κ3) is 2.89. The second kappa shape index (κ2) is 5.73. The fraction of sp³-hybridized carbons (Fsp3) is 0. The molecule has 0 fully saturated rings. The molecule has 0 saturated heterocycles. The summed E-state index contributed by atoms with van der Waals surface area (Å²) in [7, 11) is 0. The molecule has 2 amide bonds. The van der Waals surface area contributed by atoms with Crippen molar-refractivity contribution in [1.82, 2.24) is 0 Å². The van der Waals surface area contributed by atoms with Crippen LogP contribution in [0.25, 0.3) is 11.0 Å². The maximum Gasteiger partial charge on any atom is 0.286 e. The van der Waals surface area contributed by atoms with Gasteiger partial charge < -0.3 is 15.5 Å². The summed E-state index contributed by atoms with van der Waals surface area (Å²) in [5.74, 6) is -2.18. The minimum atomic E-state index is -0.841. The summed E-state index contributed by atoms with van der Waals surface area (Å²) in [6.45, 7) is 0. The number of benzene rings is 2. The van der Waals surface area contributed by atoms with E-state index in [2.05, 4.69) is 5.32 Å². The monoisotopic (exact) mass is 332 g/mol. The maximum absolute atomic E-state index is 13.2. The number of fused-ring (bicyclic) bond motifs is 1. The number of primary amides is 1. The Hall–Kier alpha value is -2.86. The van der Waals surface area contributed by atoms with Gasteiger partial charge >= 0.3 is 0 Å². The van der Waals surface area contributed by atoms with Crippen LogP contribution in [0.2, 0.25) is 5.02 Å². The molecule has 0 aliphatic carbocycles. The number of halogens is 2. The van der Waals surface area contributed by atoms with Crippen LogP contribution in [0.3, 0.4) is 0 Å². The van der Waals surface area contributed by atoms with E-state index in [1.165, 1.54) is 24.3 Å². The van der Waals surface area contributed by atoms with Crippen molar-refractivity contribution in [1.29, 1.82) is 0 Å². The van der Waals surface area contributed by atoms with E-state index in [4.69, 9.17) is 21.8 Å². The van der Waals surface area contributed by atoms with Crippen LogP contribution in [0.5, 0.6) is 0 Å². The zero-order valence-corrected chi connectivity index (χ0v) is 12.4. The number of carbonyl (C=O) groups excluding carboxylic acids is 2. The fourth-order valence-corrected chi connectivity index (χ4v) is 2.35. The summed E-state index contributed by atoms with van der Waals surface area (Å²) in [5.41, 5.74) is 5.81. The smallest absolute Gasteiger partial charge is 0.286 e. The summed E-state index contributed by atoms with van der Waals surface area (Å²) in [5, 5.41) is 3.41. The van der Waals surface area contributed by atoms with Crippen molar-refractivity contribution in [2.45, 2.75) is 0 Å². The predicted molar refractivity (Wildman–Crippen MR) is 84.1 cm³/mol. The second-order valence-electron chi connectivity index (χ2n) is 4.78. The molecule has 3 rings (SSSR count). The number of amides is 2.